The van der Waals surface area contributed by atoms with Gasteiger partial charge in [0.05, 0.1) is 16.2 Å². The maximum Gasteiger partial charge on any atom is 0.270 e. The SMILES string of the molecule is Cc1cc(NC(=O)c2cc([N+](=O)[O-])ccc2N2CCCC2)ccc1N1CCN(C)CC1. The summed E-state index contributed by atoms with van der Waals surface area (Å²) in [6, 6.07) is 10.5. The summed E-state index contributed by atoms with van der Waals surface area (Å²) in [5, 5.41) is 14.2. The lowest BCUT2D eigenvalue weighted by Crippen LogP contribution is -2.44. The zero-order valence-electron chi connectivity index (χ0n) is 18.1. The summed E-state index contributed by atoms with van der Waals surface area (Å²) in [5.41, 5.74) is 4.00. The molecule has 2 saturated heterocycles. The summed E-state index contributed by atoms with van der Waals surface area (Å²) >= 11 is 0. The van der Waals surface area contributed by atoms with Gasteiger partial charge in [0.25, 0.3) is 11.6 Å². The highest BCUT2D eigenvalue weighted by Crippen LogP contribution is 2.30. The Morgan fingerprint density at radius 3 is 2.23 bits per heavy atom. The number of rotatable bonds is 5. The molecule has 8 heteroatoms. The van der Waals surface area contributed by atoms with E-state index in [0.717, 1.165) is 63.4 Å². The van der Waals surface area contributed by atoms with E-state index in [-0.39, 0.29) is 11.6 Å². The number of piperazine rings is 1. The Labute approximate surface area is 182 Å². The summed E-state index contributed by atoms with van der Waals surface area (Å²) in [4.78, 5) is 30.7. The Hall–Kier alpha value is -3.13. The zero-order valence-corrected chi connectivity index (χ0v) is 18.1. The van der Waals surface area contributed by atoms with E-state index in [1.807, 2.05) is 25.1 Å². The Bertz CT molecular complexity index is 979. The van der Waals surface area contributed by atoms with Crippen molar-refractivity contribution in [1.82, 2.24) is 4.90 Å². The van der Waals surface area contributed by atoms with E-state index in [9.17, 15) is 14.9 Å². The van der Waals surface area contributed by atoms with Gasteiger partial charge >= 0.3 is 0 Å². The molecule has 2 aromatic carbocycles. The molecule has 1 amide bonds. The highest BCUT2D eigenvalue weighted by atomic mass is 16.6. The summed E-state index contributed by atoms with van der Waals surface area (Å²) in [6.07, 6.45) is 2.12. The molecular formula is C23H29N5O3. The van der Waals surface area contributed by atoms with Gasteiger partial charge in [-0.1, -0.05) is 0 Å². The first-order valence-electron chi connectivity index (χ1n) is 10.8. The molecular weight excluding hydrogens is 394 g/mol. The van der Waals surface area contributed by atoms with Gasteiger partial charge in [-0.05, 0) is 56.6 Å². The lowest BCUT2D eigenvalue weighted by molar-refractivity contribution is -0.384. The molecule has 2 heterocycles. The predicted molar refractivity (Wildman–Crippen MR) is 123 cm³/mol. The van der Waals surface area contributed by atoms with Crippen molar-refractivity contribution in [3.63, 3.8) is 0 Å². The third kappa shape index (κ3) is 4.64. The van der Waals surface area contributed by atoms with Crippen molar-refractivity contribution in [3.05, 3.63) is 57.6 Å². The standard InChI is InChI=1S/C23H29N5O3/c1-17-15-18(5-7-21(17)27-13-11-25(2)12-14-27)24-23(29)20-16-19(28(30)31)6-8-22(20)26-9-3-4-10-26/h5-8,15-16H,3-4,9-14H2,1-2H3,(H,24,29). The first kappa shape index (κ1) is 21.1. The molecule has 2 fully saturated rings. The van der Waals surface area contributed by atoms with Crippen LogP contribution in [0.15, 0.2) is 36.4 Å². The van der Waals surface area contributed by atoms with Crippen molar-refractivity contribution < 1.29 is 9.72 Å². The maximum absolute atomic E-state index is 13.1. The second-order valence-electron chi connectivity index (χ2n) is 8.40. The van der Waals surface area contributed by atoms with Crippen LogP contribution in [0.3, 0.4) is 0 Å². The van der Waals surface area contributed by atoms with E-state index in [1.165, 1.54) is 17.8 Å². The molecule has 0 spiro atoms. The molecule has 8 nitrogen and oxygen atoms in total. The van der Waals surface area contributed by atoms with Crippen LogP contribution in [0.1, 0.15) is 28.8 Å². The van der Waals surface area contributed by atoms with Crippen LogP contribution in [0, 0.1) is 17.0 Å². The van der Waals surface area contributed by atoms with Crippen LogP contribution in [-0.4, -0.2) is 62.0 Å². The fourth-order valence-corrected chi connectivity index (χ4v) is 4.39. The van der Waals surface area contributed by atoms with E-state index in [0.29, 0.717) is 11.3 Å². The molecule has 0 aromatic heterocycles. The zero-order chi connectivity index (χ0) is 22.0. The smallest absolute Gasteiger partial charge is 0.270 e. The number of benzene rings is 2. The van der Waals surface area contributed by atoms with Crippen molar-refractivity contribution >= 4 is 28.7 Å². The average molecular weight is 424 g/mol. The second kappa shape index (κ2) is 8.93. The Morgan fingerprint density at radius 1 is 0.935 bits per heavy atom. The normalized spacial score (nSPS) is 17.1. The summed E-state index contributed by atoms with van der Waals surface area (Å²) < 4.78 is 0. The third-order valence-corrected chi connectivity index (χ3v) is 6.18. The van der Waals surface area contributed by atoms with Gasteiger partial charge in [0, 0.05) is 62.8 Å². The molecule has 0 saturated carbocycles. The van der Waals surface area contributed by atoms with Crippen LogP contribution in [0.2, 0.25) is 0 Å². The number of carbonyl (C=O) groups is 1. The van der Waals surface area contributed by atoms with Crippen LogP contribution in [0.25, 0.3) is 0 Å². The predicted octanol–water partition coefficient (Wildman–Crippen LogP) is 3.51. The minimum Gasteiger partial charge on any atom is -0.371 e. The highest BCUT2D eigenvalue weighted by molar-refractivity contribution is 6.08. The monoisotopic (exact) mass is 423 g/mol. The molecule has 4 rings (SSSR count). The number of hydrogen-bond donors (Lipinski definition) is 1. The fraction of sp³-hybridized carbons (Fsp3) is 0.435. The molecule has 0 unspecified atom stereocenters. The van der Waals surface area contributed by atoms with Gasteiger partial charge < -0.3 is 20.0 Å². The number of carbonyl (C=O) groups excluding carboxylic acids is 1. The summed E-state index contributed by atoms with van der Waals surface area (Å²) in [6.45, 7) is 7.79. The Balaban J connectivity index is 1.55. The van der Waals surface area contributed by atoms with Crippen LogP contribution in [0.5, 0.6) is 0 Å². The minimum atomic E-state index is -0.459. The number of aryl methyl sites for hydroxylation is 1. The van der Waals surface area contributed by atoms with Crippen LogP contribution >= 0.6 is 0 Å². The van der Waals surface area contributed by atoms with Gasteiger partial charge in [-0.3, -0.25) is 14.9 Å². The molecule has 0 bridgehead atoms. The number of amides is 1. The van der Waals surface area contributed by atoms with Gasteiger partial charge in [0.15, 0.2) is 0 Å². The molecule has 1 N–H and O–H groups in total. The van der Waals surface area contributed by atoms with Crippen molar-refractivity contribution in [2.45, 2.75) is 19.8 Å². The van der Waals surface area contributed by atoms with E-state index in [2.05, 4.69) is 27.1 Å². The Morgan fingerprint density at radius 2 is 1.58 bits per heavy atom. The van der Waals surface area contributed by atoms with Crippen molar-refractivity contribution in [3.8, 4) is 0 Å². The molecule has 164 valence electrons. The van der Waals surface area contributed by atoms with E-state index >= 15 is 0 Å². The molecule has 0 radical (unpaired) electrons. The Kier molecular flexibility index (Phi) is 6.08. The van der Waals surface area contributed by atoms with Crippen molar-refractivity contribution in [2.75, 3.05) is 61.4 Å². The van der Waals surface area contributed by atoms with Gasteiger partial charge in [-0.2, -0.15) is 0 Å². The molecule has 31 heavy (non-hydrogen) atoms. The lowest BCUT2D eigenvalue weighted by atomic mass is 10.1. The molecule has 2 aliphatic rings. The number of nitro benzene ring substituents is 1. The number of anilines is 3. The van der Waals surface area contributed by atoms with Gasteiger partial charge in [-0.15, -0.1) is 0 Å². The van der Waals surface area contributed by atoms with Gasteiger partial charge in [0.2, 0.25) is 0 Å². The first-order valence-corrected chi connectivity index (χ1v) is 10.8. The number of likely N-dealkylation sites (N-methyl/N-ethyl adjacent to an activating group) is 1. The summed E-state index contributed by atoms with van der Waals surface area (Å²) in [5.74, 6) is -0.322. The average Bonchev–Trinajstić information content (AvgIpc) is 3.29. The number of hydrogen-bond acceptors (Lipinski definition) is 6. The lowest BCUT2D eigenvalue weighted by Gasteiger charge is -2.35. The largest absolute Gasteiger partial charge is 0.371 e. The maximum atomic E-state index is 13.1. The number of nitrogens with one attached hydrogen (secondary N) is 1. The molecule has 2 aliphatic heterocycles. The van der Waals surface area contributed by atoms with Crippen LogP contribution in [0.4, 0.5) is 22.7 Å². The minimum absolute atomic E-state index is 0.0744. The van der Waals surface area contributed by atoms with E-state index < -0.39 is 4.92 Å². The molecule has 0 aliphatic carbocycles. The van der Waals surface area contributed by atoms with E-state index in [4.69, 9.17) is 0 Å². The van der Waals surface area contributed by atoms with Crippen LogP contribution < -0.4 is 15.1 Å². The quantitative estimate of drug-likeness (QED) is 0.585. The van der Waals surface area contributed by atoms with Crippen molar-refractivity contribution in [2.24, 2.45) is 0 Å². The van der Waals surface area contributed by atoms with Gasteiger partial charge in [0.1, 0.15) is 0 Å². The summed E-state index contributed by atoms with van der Waals surface area (Å²) in [7, 11) is 2.13. The van der Waals surface area contributed by atoms with Gasteiger partial charge in [-0.25, -0.2) is 0 Å². The highest BCUT2D eigenvalue weighted by Gasteiger charge is 2.23. The van der Waals surface area contributed by atoms with Crippen LogP contribution in [-0.2, 0) is 0 Å². The number of nitrogens with zero attached hydrogens (tertiary/aromatic N) is 4. The molecule has 2 aromatic rings. The van der Waals surface area contributed by atoms with Crippen molar-refractivity contribution in [1.29, 1.82) is 0 Å². The fourth-order valence-electron chi connectivity index (χ4n) is 4.39. The molecule has 0 atom stereocenters. The third-order valence-electron chi connectivity index (χ3n) is 6.18. The first-order chi connectivity index (χ1) is 14.9. The van der Waals surface area contributed by atoms with E-state index in [1.54, 1.807) is 6.07 Å². The number of nitro groups is 1. The topological polar surface area (TPSA) is 82.0 Å². The second-order valence-corrected chi connectivity index (χ2v) is 8.40. The number of non-ortho nitro benzene ring substituents is 1.